The largest absolute Gasteiger partial charge is 0.389 e. The highest BCUT2D eigenvalue weighted by atomic mass is 127. The highest BCUT2D eigenvalue weighted by Crippen LogP contribution is 2.16. The molecular formula is C25H38IN5O2. The van der Waals surface area contributed by atoms with Crippen LogP contribution in [-0.4, -0.2) is 65.9 Å². The van der Waals surface area contributed by atoms with Gasteiger partial charge in [0, 0.05) is 38.4 Å². The summed E-state index contributed by atoms with van der Waals surface area (Å²) in [7, 11) is 0. The van der Waals surface area contributed by atoms with Crippen LogP contribution in [-0.2, 0) is 11.3 Å². The maximum atomic E-state index is 10.3. The summed E-state index contributed by atoms with van der Waals surface area (Å²) in [6, 6.07) is 16.5. The van der Waals surface area contributed by atoms with Crippen LogP contribution < -0.4 is 10.6 Å². The summed E-state index contributed by atoms with van der Waals surface area (Å²) in [5.74, 6) is 0.755. The molecule has 0 bridgehead atoms. The number of nitrogens with one attached hydrogen (secondary N) is 2. The molecule has 2 atom stereocenters. The van der Waals surface area contributed by atoms with Crippen molar-refractivity contribution in [2.75, 3.05) is 32.8 Å². The number of likely N-dealkylation sites (tertiary alicyclic amines) is 1. The number of pyridine rings is 1. The topological polar surface area (TPSA) is 82.0 Å². The van der Waals surface area contributed by atoms with E-state index in [1.165, 1.54) is 0 Å². The minimum absolute atomic E-state index is 0. The Morgan fingerprint density at radius 3 is 2.58 bits per heavy atom. The number of piperidine rings is 1. The Morgan fingerprint density at radius 2 is 1.91 bits per heavy atom. The lowest BCUT2D eigenvalue weighted by Gasteiger charge is -2.32. The van der Waals surface area contributed by atoms with Crippen LogP contribution in [0.25, 0.3) is 0 Å². The van der Waals surface area contributed by atoms with Crippen molar-refractivity contribution in [2.45, 2.75) is 51.5 Å². The molecule has 1 aromatic carbocycles. The lowest BCUT2D eigenvalue weighted by molar-refractivity contribution is 0.00111. The molecule has 1 aliphatic heterocycles. The molecule has 1 aromatic heterocycles. The Hall–Kier alpha value is -1.75. The summed E-state index contributed by atoms with van der Waals surface area (Å²) in [5, 5.41) is 17.2. The fourth-order valence-corrected chi connectivity index (χ4v) is 3.79. The fourth-order valence-electron chi connectivity index (χ4n) is 3.79. The molecule has 2 aromatic rings. The van der Waals surface area contributed by atoms with Gasteiger partial charge in [0.2, 0.25) is 0 Å². The molecule has 3 N–H and O–H groups in total. The van der Waals surface area contributed by atoms with Crippen LogP contribution in [0.2, 0.25) is 0 Å². The smallest absolute Gasteiger partial charge is 0.191 e. The third-order valence-corrected chi connectivity index (χ3v) is 5.65. The molecule has 0 amide bonds. The highest BCUT2D eigenvalue weighted by Gasteiger charge is 2.20. The van der Waals surface area contributed by atoms with E-state index >= 15 is 0 Å². The average Bonchev–Trinajstić information content (AvgIpc) is 2.83. The Bertz CT molecular complexity index is 801. The summed E-state index contributed by atoms with van der Waals surface area (Å²) < 4.78 is 5.82. The quantitative estimate of drug-likeness (QED) is 0.232. The Morgan fingerprint density at radius 1 is 1.18 bits per heavy atom. The third-order valence-electron chi connectivity index (χ3n) is 5.65. The molecule has 182 valence electrons. The fraction of sp³-hybridized carbons (Fsp3) is 0.520. The van der Waals surface area contributed by atoms with E-state index in [4.69, 9.17) is 4.74 Å². The number of aromatic nitrogens is 1. The van der Waals surface area contributed by atoms with Gasteiger partial charge in [-0.05, 0) is 44.4 Å². The first-order valence-electron chi connectivity index (χ1n) is 11.7. The van der Waals surface area contributed by atoms with Gasteiger partial charge in [-0.3, -0.25) is 14.9 Å². The van der Waals surface area contributed by atoms with Crippen molar-refractivity contribution >= 4 is 29.9 Å². The van der Waals surface area contributed by atoms with E-state index in [2.05, 4.69) is 31.6 Å². The molecule has 7 nitrogen and oxygen atoms in total. The van der Waals surface area contributed by atoms with E-state index in [1.54, 1.807) is 0 Å². The number of aliphatic hydroxyl groups excluding tert-OH is 1. The Kier molecular flexibility index (Phi) is 12.7. The lowest BCUT2D eigenvalue weighted by atomic mass is 10.0. The molecule has 0 saturated carbocycles. The predicted molar refractivity (Wildman–Crippen MR) is 144 cm³/mol. The molecular weight excluding hydrogens is 529 g/mol. The number of ether oxygens (including phenoxy) is 1. The summed E-state index contributed by atoms with van der Waals surface area (Å²) in [5.41, 5.74) is 2.22. The van der Waals surface area contributed by atoms with Gasteiger partial charge in [-0.2, -0.15) is 0 Å². The van der Waals surface area contributed by atoms with Crippen molar-refractivity contribution in [1.82, 2.24) is 20.5 Å². The summed E-state index contributed by atoms with van der Waals surface area (Å²) in [6.45, 7) is 8.34. The average molecular weight is 568 g/mol. The minimum Gasteiger partial charge on any atom is -0.389 e. The van der Waals surface area contributed by atoms with Crippen LogP contribution in [0.3, 0.4) is 0 Å². The van der Waals surface area contributed by atoms with Crippen molar-refractivity contribution < 1.29 is 9.84 Å². The van der Waals surface area contributed by atoms with Crippen molar-refractivity contribution in [2.24, 2.45) is 4.99 Å². The molecule has 8 heteroatoms. The minimum atomic E-state index is -0.642. The predicted octanol–water partition coefficient (Wildman–Crippen LogP) is 3.36. The zero-order chi connectivity index (χ0) is 22.6. The van der Waals surface area contributed by atoms with Gasteiger partial charge in [0.25, 0.3) is 0 Å². The number of aliphatic hydroxyl groups is 1. The maximum absolute atomic E-state index is 10.3. The number of aliphatic imine (C=N–C) groups is 1. The van der Waals surface area contributed by atoms with Crippen LogP contribution in [0.15, 0.2) is 59.7 Å². The summed E-state index contributed by atoms with van der Waals surface area (Å²) in [4.78, 5) is 11.5. The van der Waals surface area contributed by atoms with Gasteiger partial charge in [-0.1, -0.05) is 36.4 Å². The van der Waals surface area contributed by atoms with Gasteiger partial charge in [0.05, 0.1) is 31.1 Å². The van der Waals surface area contributed by atoms with Crippen LogP contribution in [0, 0.1) is 0 Å². The van der Waals surface area contributed by atoms with Gasteiger partial charge >= 0.3 is 0 Å². The van der Waals surface area contributed by atoms with Crippen LogP contribution in [0.5, 0.6) is 0 Å². The van der Waals surface area contributed by atoms with Crippen molar-refractivity contribution in [3.05, 3.63) is 66.0 Å². The van der Waals surface area contributed by atoms with Crippen molar-refractivity contribution in [3.63, 3.8) is 0 Å². The van der Waals surface area contributed by atoms with Gasteiger partial charge in [0.15, 0.2) is 5.96 Å². The molecule has 2 unspecified atom stereocenters. The van der Waals surface area contributed by atoms with Gasteiger partial charge in [-0.15, -0.1) is 24.0 Å². The maximum Gasteiger partial charge on any atom is 0.191 e. The lowest BCUT2D eigenvalue weighted by Crippen LogP contribution is -2.48. The Balaban J connectivity index is 0.00000385. The zero-order valence-electron chi connectivity index (χ0n) is 19.7. The van der Waals surface area contributed by atoms with Crippen LogP contribution in [0.4, 0.5) is 0 Å². The SMILES string of the molecule is CCNC(=NCC(O)COC(C)c1ccccc1)NC1CCN(Cc2ccccn2)CC1.I. The number of hydrogen-bond acceptors (Lipinski definition) is 5. The number of benzene rings is 1. The van der Waals surface area contributed by atoms with Crippen molar-refractivity contribution in [1.29, 1.82) is 0 Å². The number of halogens is 1. The number of nitrogens with zero attached hydrogens (tertiary/aromatic N) is 3. The number of hydrogen-bond donors (Lipinski definition) is 3. The second kappa shape index (κ2) is 15.2. The molecule has 0 spiro atoms. The molecule has 3 rings (SSSR count). The van der Waals surface area contributed by atoms with Gasteiger partial charge in [0.1, 0.15) is 0 Å². The van der Waals surface area contributed by atoms with E-state index in [-0.39, 0.29) is 36.7 Å². The first-order chi connectivity index (χ1) is 15.6. The van der Waals surface area contributed by atoms with Crippen LogP contribution >= 0.6 is 24.0 Å². The summed E-state index contributed by atoms with van der Waals surface area (Å²) >= 11 is 0. The Labute approximate surface area is 215 Å². The standard InChI is InChI=1S/C25H37N5O2.HI/c1-3-26-25(28-17-24(31)19-32-20(2)21-9-5-4-6-10-21)29-22-12-15-30(16-13-22)18-23-11-7-8-14-27-23;/h4-11,14,20,22,24,31H,3,12-13,15-19H2,1-2H3,(H2,26,28,29);1H. The first kappa shape index (κ1) is 27.5. The number of rotatable bonds is 10. The van der Waals surface area contributed by atoms with E-state index in [0.29, 0.717) is 12.6 Å². The second-order valence-corrected chi connectivity index (χ2v) is 8.28. The molecule has 0 aliphatic carbocycles. The molecule has 1 aliphatic rings. The van der Waals surface area contributed by atoms with Crippen LogP contribution in [0.1, 0.15) is 44.1 Å². The normalized spacial score (nSPS) is 17.1. The highest BCUT2D eigenvalue weighted by molar-refractivity contribution is 14.0. The van der Waals surface area contributed by atoms with E-state index in [9.17, 15) is 5.11 Å². The molecule has 33 heavy (non-hydrogen) atoms. The summed E-state index contributed by atoms with van der Waals surface area (Å²) in [6.07, 6.45) is 3.26. The van der Waals surface area contributed by atoms with E-state index in [1.807, 2.05) is 62.5 Å². The zero-order valence-corrected chi connectivity index (χ0v) is 22.0. The van der Waals surface area contributed by atoms with Crippen molar-refractivity contribution in [3.8, 4) is 0 Å². The molecule has 1 fully saturated rings. The van der Waals surface area contributed by atoms with E-state index in [0.717, 1.165) is 56.2 Å². The second-order valence-electron chi connectivity index (χ2n) is 8.28. The molecule has 2 heterocycles. The van der Waals surface area contributed by atoms with Gasteiger partial charge < -0.3 is 20.5 Å². The first-order valence-corrected chi connectivity index (χ1v) is 11.7. The number of guanidine groups is 1. The van der Waals surface area contributed by atoms with E-state index < -0.39 is 6.10 Å². The third kappa shape index (κ3) is 9.95. The van der Waals surface area contributed by atoms with Gasteiger partial charge in [-0.25, -0.2) is 0 Å². The molecule has 0 radical (unpaired) electrons. The molecule has 1 saturated heterocycles. The monoisotopic (exact) mass is 567 g/mol.